The molecule has 3 fully saturated rings. The highest BCUT2D eigenvalue weighted by Gasteiger charge is 2.55. The molecule has 2 nitrogen and oxygen atoms in total. The van der Waals surface area contributed by atoms with Crippen LogP contribution in [0.5, 0.6) is 0 Å². The smallest absolute Gasteiger partial charge is 0.0540 e. The van der Waals surface area contributed by atoms with E-state index in [1.165, 1.54) is 57.8 Å². The molecule has 0 radical (unpaired) electrons. The Hall–Kier alpha value is -0.0800. The standard InChI is InChI=1S/C21H40O2/c1-6-7-8-9-12-21(15-22-4,16-23-5)14-17-10-11-18-13-19(17)20(18,2)3/h17-19H,6-16H2,1-5H3. The fourth-order valence-electron chi connectivity index (χ4n) is 5.71. The average molecular weight is 325 g/mol. The van der Waals surface area contributed by atoms with E-state index in [1.54, 1.807) is 0 Å². The van der Waals surface area contributed by atoms with E-state index in [2.05, 4.69) is 20.8 Å². The topological polar surface area (TPSA) is 18.5 Å². The van der Waals surface area contributed by atoms with Crippen LogP contribution in [0.3, 0.4) is 0 Å². The van der Waals surface area contributed by atoms with Crippen molar-refractivity contribution in [3.05, 3.63) is 0 Å². The van der Waals surface area contributed by atoms with E-state index in [1.807, 2.05) is 14.2 Å². The van der Waals surface area contributed by atoms with E-state index in [0.717, 1.165) is 31.0 Å². The molecule has 0 saturated heterocycles. The van der Waals surface area contributed by atoms with Gasteiger partial charge in [-0.1, -0.05) is 46.5 Å². The zero-order chi connectivity index (χ0) is 16.9. The van der Waals surface area contributed by atoms with Gasteiger partial charge in [-0.25, -0.2) is 0 Å². The third-order valence-corrected chi connectivity index (χ3v) is 7.16. The minimum atomic E-state index is 0.237. The molecule has 3 unspecified atom stereocenters. The summed E-state index contributed by atoms with van der Waals surface area (Å²) >= 11 is 0. The van der Waals surface area contributed by atoms with Crippen molar-refractivity contribution >= 4 is 0 Å². The minimum Gasteiger partial charge on any atom is -0.384 e. The SMILES string of the molecule is CCCCCCC(COC)(COC)CC1CCC2CC1C2(C)C. The fraction of sp³-hybridized carbons (Fsp3) is 1.00. The van der Waals surface area contributed by atoms with Gasteiger partial charge in [-0.3, -0.25) is 0 Å². The second-order valence-corrected chi connectivity index (χ2v) is 9.08. The van der Waals surface area contributed by atoms with Crippen molar-refractivity contribution < 1.29 is 9.47 Å². The maximum atomic E-state index is 5.68. The predicted molar refractivity (Wildman–Crippen MR) is 97.7 cm³/mol. The lowest BCUT2D eigenvalue weighted by Crippen LogP contribution is -2.53. The van der Waals surface area contributed by atoms with Crippen LogP contribution in [0, 0.1) is 28.6 Å². The van der Waals surface area contributed by atoms with Crippen molar-refractivity contribution in [2.24, 2.45) is 28.6 Å². The van der Waals surface area contributed by atoms with Crippen molar-refractivity contribution in [2.75, 3.05) is 27.4 Å². The van der Waals surface area contributed by atoms with E-state index in [9.17, 15) is 0 Å². The molecule has 3 saturated carbocycles. The predicted octanol–water partition coefficient (Wildman–Crippen LogP) is 5.70. The molecule has 2 bridgehead atoms. The molecule has 0 heterocycles. The lowest BCUT2D eigenvalue weighted by Gasteiger charge is -2.61. The molecule has 136 valence electrons. The monoisotopic (exact) mass is 324 g/mol. The summed E-state index contributed by atoms with van der Waals surface area (Å²) in [5.74, 6) is 2.81. The van der Waals surface area contributed by atoms with Crippen molar-refractivity contribution in [1.82, 2.24) is 0 Å². The molecule has 0 spiro atoms. The van der Waals surface area contributed by atoms with Crippen molar-refractivity contribution in [1.29, 1.82) is 0 Å². The summed E-state index contributed by atoms with van der Waals surface area (Å²) in [6.45, 7) is 9.02. The third-order valence-electron chi connectivity index (χ3n) is 7.16. The Labute approximate surface area is 144 Å². The van der Waals surface area contributed by atoms with Crippen LogP contribution in [0.1, 0.15) is 78.6 Å². The quantitative estimate of drug-likeness (QED) is 0.454. The van der Waals surface area contributed by atoms with Gasteiger partial charge in [0.15, 0.2) is 0 Å². The maximum Gasteiger partial charge on any atom is 0.0540 e. The first-order valence-corrected chi connectivity index (χ1v) is 9.97. The Kier molecular flexibility index (Phi) is 6.98. The number of fused-ring (bicyclic) bond motifs is 2. The lowest BCUT2D eigenvalue weighted by atomic mass is 9.44. The van der Waals surface area contributed by atoms with Crippen LogP contribution in [0.2, 0.25) is 0 Å². The summed E-state index contributed by atoms with van der Waals surface area (Å²) in [4.78, 5) is 0. The Morgan fingerprint density at radius 3 is 2.22 bits per heavy atom. The number of hydrogen-bond donors (Lipinski definition) is 0. The summed E-state index contributed by atoms with van der Waals surface area (Å²) in [7, 11) is 3.72. The van der Waals surface area contributed by atoms with E-state index < -0.39 is 0 Å². The van der Waals surface area contributed by atoms with Crippen molar-refractivity contribution in [3.8, 4) is 0 Å². The second-order valence-electron chi connectivity index (χ2n) is 9.08. The van der Waals surface area contributed by atoms with Gasteiger partial charge < -0.3 is 9.47 Å². The van der Waals surface area contributed by atoms with Crippen molar-refractivity contribution in [3.63, 3.8) is 0 Å². The highest BCUT2D eigenvalue weighted by atomic mass is 16.5. The van der Waals surface area contributed by atoms with Gasteiger partial charge in [0.25, 0.3) is 0 Å². The maximum absolute atomic E-state index is 5.68. The molecular formula is C21H40O2. The van der Waals surface area contributed by atoms with Gasteiger partial charge >= 0.3 is 0 Å². The van der Waals surface area contributed by atoms with E-state index in [-0.39, 0.29) is 5.41 Å². The fourth-order valence-corrected chi connectivity index (χ4v) is 5.71. The van der Waals surface area contributed by atoms with Gasteiger partial charge in [0.2, 0.25) is 0 Å². The molecule has 0 aromatic carbocycles. The number of ether oxygens (including phenoxy) is 2. The number of methoxy groups -OCH3 is 2. The number of rotatable bonds is 11. The summed E-state index contributed by atoms with van der Waals surface area (Å²) in [5.41, 5.74) is 0.817. The Morgan fingerprint density at radius 1 is 1.00 bits per heavy atom. The van der Waals surface area contributed by atoms with Gasteiger partial charge in [-0.2, -0.15) is 0 Å². The second kappa shape index (κ2) is 8.34. The first kappa shape index (κ1) is 19.2. The largest absolute Gasteiger partial charge is 0.384 e. The molecule has 0 aromatic heterocycles. The molecule has 3 aliphatic rings. The molecule has 2 heteroatoms. The van der Waals surface area contributed by atoms with Crippen LogP contribution in [0.25, 0.3) is 0 Å². The van der Waals surface area contributed by atoms with Crippen LogP contribution >= 0.6 is 0 Å². The average Bonchev–Trinajstić information content (AvgIpc) is 2.52. The van der Waals surface area contributed by atoms with Gasteiger partial charge in [0.1, 0.15) is 0 Å². The van der Waals surface area contributed by atoms with Gasteiger partial charge in [-0.05, 0) is 55.3 Å². The Balaban J connectivity index is 2.00. The summed E-state index contributed by atoms with van der Waals surface area (Å²) < 4.78 is 11.4. The summed E-state index contributed by atoms with van der Waals surface area (Å²) in [5, 5.41) is 0. The van der Waals surface area contributed by atoms with E-state index >= 15 is 0 Å². The molecule has 3 atom stereocenters. The van der Waals surface area contributed by atoms with Crippen LogP contribution in [0.15, 0.2) is 0 Å². The minimum absolute atomic E-state index is 0.237. The third kappa shape index (κ3) is 4.31. The molecule has 0 N–H and O–H groups in total. The van der Waals surface area contributed by atoms with E-state index in [0.29, 0.717) is 5.41 Å². The van der Waals surface area contributed by atoms with Gasteiger partial charge in [-0.15, -0.1) is 0 Å². The molecular weight excluding hydrogens is 284 g/mol. The molecule has 0 aromatic rings. The first-order valence-electron chi connectivity index (χ1n) is 9.97. The summed E-state index contributed by atoms with van der Waals surface area (Å²) in [6, 6.07) is 0. The highest BCUT2D eigenvalue weighted by Crippen LogP contribution is 2.63. The Bertz CT molecular complexity index is 342. The van der Waals surface area contributed by atoms with Gasteiger partial charge in [0, 0.05) is 19.6 Å². The molecule has 23 heavy (non-hydrogen) atoms. The van der Waals surface area contributed by atoms with Crippen LogP contribution in [-0.4, -0.2) is 27.4 Å². The Morgan fingerprint density at radius 2 is 1.70 bits per heavy atom. The zero-order valence-corrected chi connectivity index (χ0v) is 16.3. The van der Waals surface area contributed by atoms with Gasteiger partial charge in [0.05, 0.1) is 13.2 Å². The molecule has 0 aliphatic heterocycles. The number of hydrogen-bond acceptors (Lipinski definition) is 2. The van der Waals surface area contributed by atoms with Crippen LogP contribution in [-0.2, 0) is 9.47 Å². The zero-order valence-electron chi connectivity index (χ0n) is 16.3. The normalized spacial score (nSPS) is 29.3. The van der Waals surface area contributed by atoms with Crippen LogP contribution < -0.4 is 0 Å². The molecule has 3 aliphatic carbocycles. The lowest BCUT2D eigenvalue weighted by molar-refractivity contribution is -0.126. The molecule has 0 amide bonds. The highest BCUT2D eigenvalue weighted by molar-refractivity contribution is 5.04. The number of unbranched alkanes of at least 4 members (excludes halogenated alkanes) is 3. The van der Waals surface area contributed by atoms with Crippen LogP contribution in [0.4, 0.5) is 0 Å². The van der Waals surface area contributed by atoms with Crippen molar-refractivity contribution in [2.45, 2.75) is 78.6 Å². The first-order chi connectivity index (χ1) is 11.0. The molecule has 3 rings (SSSR count). The summed E-state index contributed by atoms with van der Waals surface area (Å²) in [6.07, 6.45) is 12.3. The van der Waals surface area contributed by atoms with E-state index in [4.69, 9.17) is 9.47 Å².